The van der Waals surface area contributed by atoms with Gasteiger partial charge in [-0.2, -0.15) is 8.78 Å². The average molecular weight is 271 g/mol. The Morgan fingerprint density at radius 2 is 1.84 bits per heavy atom. The molecule has 0 spiro atoms. The lowest BCUT2D eigenvalue weighted by atomic mass is 9.90. The molecule has 0 radical (unpaired) electrons. The van der Waals surface area contributed by atoms with Gasteiger partial charge in [0.15, 0.2) is 0 Å². The van der Waals surface area contributed by atoms with Crippen molar-refractivity contribution >= 4 is 0 Å². The Morgan fingerprint density at radius 3 is 2.47 bits per heavy atom. The van der Waals surface area contributed by atoms with E-state index >= 15 is 0 Å². The molecule has 0 aromatic heterocycles. The smallest absolute Gasteiger partial charge is 0.387 e. The summed E-state index contributed by atoms with van der Waals surface area (Å²) in [6, 6.07) is 5.69. The molecule has 1 aromatic carbocycles. The second kappa shape index (κ2) is 6.30. The molecule has 1 saturated carbocycles. The highest BCUT2D eigenvalue weighted by atomic mass is 19.3. The molecule has 0 unspecified atom stereocenters. The van der Waals surface area contributed by atoms with Gasteiger partial charge in [-0.3, -0.25) is 0 Å². The van der Waals surface area contributed by atoms with E-state index in [1.165, 1.54) is 6.07 Å². The monoisotopic (exact) mass is 271 g/mol. The minimum absolute atomic E-state index is 0.0436. The summed E-state index contributed by atoms with van der Waals surface area (Å²) in [4.78, 5) is 0. The van der Waals surface area contributed by atoms with Crippen LogP contribution in [0.3, 0.4) is 0 Å². The first kappa shape index (κ1) is 14.2. The van der Waals surface area contributed by atoms with E-state index in [1.807, 2.05) is 0 Å². The molecule has 2 atom stereocenters. The standard InChI is InChI=1S/C14H19F2NO2/c15-14(16)19-11-8-4-3-7-10(11)12(17)13(18)9-5-1-2-6-9/h3-4,7-9,12-14,18H,1-2,5-6,17H2/t12-,13+/m1/s1. The molecule has 5 heteroatoms. The molecule has 0 heterocycles. The number of rotatable bonds is 5. The summed E-state index contributed by atoms with van der Waals surface area (Å²) in [6.07, 6.45) is 3.33. The zero-order valence-electron chi connectivity index (χ0n) is 10.6. The predicted octanol–water partition coefficient (Wildman–Crippen LogP) is 2.84. The van der Waals surface area contributed by atoms with Crippen molar-refractivity contribution < 1.29 is 18.6 Å². The largest absolute Gasteiger partial charge is 0.434 e. The average Bonchev–Trinajstić information content (AvgIpc) is 2.91. The zero-order valence-corrected chi connectivity index (χ0v) is 10.6. The van der Waals surface area contributed by atoms with Gasteiger partial charge < -0.3 is 15.6 Å². The maximum atomic E-state index is 12.3. The molecule has 0 aliphatic heterocycles. The molecule has 1 aliphatic carbocycles. The molecule has 106 valence electrons. The molecule has 2 rings (SSSR count). The fraction of sp³-hybridized carbons (Fsp3) is 0.571. The molecule has 3 N–H and O–H groups in total. The number of halogens is 2. The van der Waals surface area contributed by atoms with E-state index in [0.717, 1.165) is 25.7 Å². The second-order valence-corrected chi connectivity index (χ2v) is 4.98. The van der Waals surface area contributed by atoms with Crippen LogP contribution in [-0.4, -0.2) is 17.8 Å². The van der Waals surface area contributed by atoms with Crippen molar-refractivity contribution in [3.63, 3.8) is 0 Å². The van der Waals surface area contributed by atoms with Gasteiger partial charge in [0.2, 0.25) is 0 Å². The van der Waals surface area contributed by atoms with Crippen molar-refractivity contribution in [2.45, 2.75) is 44.4 Å². The molecule has 1 aliphatic rings. The molecule has 19 heavy (non-hydrogen) atoms. The van der Waals surface area contributed by atoms with Crippen LogP contribution in [0, 0.1) is 5.92 Å². The van der Waals surface area contributed by atoms with E-state index in [2.05, 4.69) is 4.74 Å². The van der Waals surface area contributed by atoms with Crippen LogP contribution in [0.5, 0.6) is 5.75 Å². The van der Waals surface area contributed by atoms with Gasteiger partial charge in [-0.15, -0.1) is 0 Å². The third-order valence-corrected chi connectivity index (χ3v) is 3.74. The van der Waals surface area contributed by atoms with Crippen LogP contribution >= 0.6 is 0 Å². The molecule has 0 bridgehead atoms. The number of hydrogen-bond donors (Lipinski definition) is 2. The number of alkyl halides is 2. The molecule has 3 nitrogen and oxygen atoms in total. The Labute approximate surface area is 111 Å². The number of benzene rings is 1. The van der Waals surface area contributed by atoms with Crippen molar-refractivity contribution in [1.82, 2.24) is 0 Å². The molecular weight excluding hydrogens is 252 g/mol. The van der Waals surface area contributed by atoms with Crippen molar-refractivity contribution in [3.05, 3.63) is 29.8 Å². The van der Waals surface area contributed by atoms with Gasteiger partial charge in [0.1, 0.15) is 5.75 Å². The SMILES string of the molecule is N[C@H](c1ccccc1OC(F)F)[C@@H](O)C1CCCC1. The highest BCUT2D eigenvalue weighted by molar-refractivity contribution is 5.36. The fourth-order valence-corrected chi connectivity index (χ4v) is 2.74. The summed E-state index contributed by atoms with van der Waals surface area (Å²) in [5, 5.41) is 10.3. The lowest BCUT2D eigenvalue weighted by Crippen LogP contribution is -2.32. The first-order valence-corrected chi connectivity index (χ1v) is 6.57. The van der Waals surface area contributed by atoms with Gasteiger partial charge in [0, 0.05) is 5.56 Å². The Bertz CT molecular complexity index is 408. The van der Waals surface area contributed by atoms with Crippen LogP contribution in [0.15, 0.2) is 24.3 Å². The maximum absolute atomic E-state index is 12.3. The molecule has 1 aromatic rings. The van der Waals surface area contributed by atoms with E-state index in [9.17, 15) is 13.9 Å². The van der Waals surface area contributed by atoms with E-state index in [0.29, 0.717) is 5.56 Å². The summed E-state index contributed by atoms with van der Waals surface area (Å²) in [7, 11) is 0. The van der Waals surface area contributed by atoms with Crippen LogP contribution in [0.2, 0.25) is 0 Å². The number of nitrogens with two attached hydrogens (primary N) is 1. The lowest BCUT2D eigenvalue weighted by molar-refractivity contribution is -0.0512. The third kappa shape index (κ3) is 3.42. The summed E-state index contributed by atoms with van der Waals surface area (Å²) < 4.78 is 29.1. The summed E-state index contributed by atoms with van der Waals surface area (Å²) in [5.74, 6) is 0.191. The molecule has 1 fully saturated rings. The Hall–Kier alpha value is -1.20. The van der Waals surface area contributed by atoms with E-state index in [-0.39, 0.29) is 11.7 Å². The number of aliphatic hydroxyl groups excluding tert-OH is 1. The van der Waals surface area contributed by atoms with Crippen LogP contribution in [-0.2, 0) is 0 Å². The number of para-hydroxylation sites is 1. The van der Waals surface area contributed by atoms with Gasteiger partial charge in [0.25, 0.3) is 0 Å². The molecule has 0 saturated heterocycles. The van der Waals surface area contributed by atoms with Crippen LogP contribution in [0.1, 0.15) is 37.3 Å². The summed E-state index contributed by atoms with van der Waals surface area (Å²) in [5.41, 5.74) is 6.45. The molecular formula is C14H19F2NO2. The maximum Gasteiger partial charge on any atom is 0.387 e. The van der Waals surface area contributed by atoms with Crippen LogP contribution in [0.25, 0.3) is 0 Å². The Kier molecular flexibility index (Phi) is 4.71. The number of aliphatic hydroxyl groups is 1. The predicted molar refractivity (Wildman–Crippen MR) is 68.0 cm³/mol. The van der Waals surface area contributed by atoms with Gasteiger partial charge >= 0.3 is 6.61 Å². The van der Waals surface area contributed by atoms with Gasteiger partial charge in [-0.25, -0.2) is 0 Å². The van der Waals surface area contributed by atoms with Gasteiger partial charge in [0.05, 0.1) is 12.1 Å². The summed E-state index contributed by atoms with van der Waals surface area (Å²) in [6.45, 7) is -2.89. The minimum Gasteiger partial charge on any atom is -0.434 e. The highest BCUT2D eigenvalue weighted by Gasteiger charge is 2.30. The number of ether oxygens (including phenoxy) is 1. The number of hydrogen-bond acceptors (Lipinski definition) is 3. The fourth-order valence-electron chi connectivity index (χ4n) is 2.74. The van der Waals surface area contributed by atoms with Crippen LogP contribution < -0.4 is 10.5 Å². The third-order valence-electron chi connectivity index (χ3n) is 3.74. The second-order valence-electron chi connectivity index (χ2n) is 4.98. The van der Waals surface area contributed by atoms with Crippen molar-refractivity contribution in [2.24, 2.45) is 11.7 Å². The quantitative estimate of drug-likeness (QED) is 0.865. The van der Waals surface area contributed by atoms with Crippen molar-refractivity contribution in [2.75, 3.05) is 0 Å². The minimum atomic E-state index is -2.89. The van der Waals surface area contributed by atoms with Gasteiger partial charge in [-0.1, -0.05) is 31.0 Å². The highest BCUT2D eigenvalue weighted by Crippen LogP contribution is 2.35. The van der Waals surface area contributed by atoms with E-state index < -0.39 is 18.8 Å². The lowest BCUT2D eigenvalue weighted by Gasteiger charge is -2.26. The normalized spacial score (nSPS) is 19.6. The first-order valence-electron chi connectivity index (χ1n) is 6.57. The van der Waals surface area contributed by atoms with Crippen LogP contribution in [0.4, 0.5) is 8.78 Å². The van der Waals surface area contributed by atoms with Gasteiger partial charge in [-0.05, 0) is 24.8 Å². The first-order chi connectivity index (χ1) is 9.09. The zero-order chi connectivity index (χ0) is 13.8. The van der Waals surface area contributed by atoms with E-state index in [4.69, 9.17) is 5.73 Å². The topological polar surface area (TPSA) is 55.5 Å². The molecule has 0 amide bonds. The van der Waals surface area contributed by atoms with Crippen molar-refractivity contribution in [1.29, 1.82) is 0 Å². The van der Waals surface area contributed by atoms with Crippen molar-refractivity contribution in [3.8, 4) is 5.75 Å². The Morgan fingerprint density at radius 1 is 1.21 bits per heavy atom. The Balaban J connectivity index is 2.15. The summed E-state index contributed by atoms with van der Waals surface area (Å²) >= 11 is 0. The van der Waals surface area contributed by atoms with E-state index in [1.54, 1.807) is 18.2 Å².